The Hall–Kier alpha value is -2.35. The standard InChI is InChI=1S/C23H30N4O3S/c1-14-13-24-23(31-14)27-20-12-18(10-11-19(20)26-22(27)25-16(3)28)21(29)30-15(2)17-8-6-4-5-7-9-17/h10-12,14-15,17H,4-9,13H2,1-3H3,(H,25,26,28). The maximum atomic E-state index is 12.9. The van der Waals surface area contributed by atoms with Gasteiger partial charge >= 0.3 is 5.97 Å². The number of thioether (sulfide) groups is 1. The fourth-order valence-electron chi connectivity index (χ4n) is 4.34. The van der Waals surface area contributed by atoms with Gasteiger partial charge in [-0.3, -0.25) is 19.7 Å². The van der Waals surface area contributed by atoms with Crippen LogP contribution in [0.15, 0.2) is 23.2 Å². The molecular weight excluding hydrogens is 412 g/mol. The van der Waals surface area contributed by atoms with E-state index < -0.39 is 0 Å². The average molecular weight is 443 g/mol. The second-order valence-electron chi connectivity index (χ2n) is 8.57. The van der Waals surface area contributed by atoms with Gasteiger partial charge in [0.15, 0.2) is 5.17 Å². The van der Waals surface area contributed by atoms with E-state index in [1.54, 1.807) is 30.0 Å². The number of fused-ring (bicyclic) bond motifs is 1. The molecule has 0 radical (unpaired) electrons. The number of aliphatic imine (C=N–C) groups is 1. The third-order valence-corrected chi connectivity index (χ3v) is 7.09. The molecule has 1 aromatic heterocycles. The van der Waals surface area contributed by atoms with E-state index in [4.69, 9.17) is 4.74 Å². The highest BCUT2D eigenvalue weighted by atomic mass is 32.2. The van der Waals surface area contributed by atoms with Crippen LogP contribution in [-0.4, -0.2) is 44.5 Å². The first kappa shape index (κ1) is 21.9. The molecule has 0 saturated heterocycles. The Kier molecular flexibility index (Phi) is 6.65. The van der Waals surface area contributed by atoms with Crippen molar-refractivity contribution in [2.24, 2.45) is 10.9 Å². The lowest BCUT2D eigenvalue weighted by molar-refractivity contribution is -0.114. The van der Waals surface area contributed by atoms with E-state index in [9.17, 15) is 9.59 Å². The Labute approximate surface area is 187 Å². The highest BCUT2D eigenvalue weighted by molar-refractivity contribution is 8.14. The van der Waals surface area contributed by atoms with Crippen LogP contribution in [0, 0.1) is 5.92 Å². The summed E-state index contributed by atoms with van der Waals surface area (Å²) in [6.45, 7) is 6.28. The van der Waals surface area contributed by atoms with Gasteiger partial charge in [0.25, 0.3) is 0 Å². The number of aromatic nitrogens is 2. The van der Waals surface area contributed by atoms with Crippen molar-refractivity contribution in [3.8, 4) is 0 Å². The lowest BCUT2D eigenvalue weighted by atomic mass is 9.95. The minimum absolute atomic E-state index is 0.100. The lowest BCUT2D eigenvalue weighted by Gasteiger charge is -2.22. The van der Waals surface area contributed by atoms with Crippen molar-refractivity contribution in [1.29, 1.82) is 0 Å². The number of esters is 1. The molecule has 31 heavy (non-hydrogen) atoms. The topological polar surface area (TPSA) is 85.6 Å². The quantitative estimate of drug-likeness (QED) is 0.540. The van der Waals surface area contributed by atoms with Gasteiger partial charge in [0.1, 0.15) is 6.10 Å². The number of carbonyl (C=O) groups is 2. The van der Waals surface area contributed by atoms with Crippen LogP contribution >= 0.6 is 11.8 Å². The molecule has 2 aliphatic rings. The molecule has 2 unspecified atom stereocenters. The Bertz CT molecular complexity index is 1010. The summed E-state index contributed by atoms with van der Waals surface area (Å²) in [6, 6.07) is 5.33. The zero-order valence-electron chi connectivity index (χ0n) is 18.4. The molecule has 1 aromatic carbocycles. The molecule has 8 heteroatoms. The molecule has 1 amide bonds. The summed E-state index contributed by atoms with van der Waals surface area (Å²) in [5.41, 5.74) is 1.92. The third-order valence-electron chi connectivity index (χ3n) is 6.02. The van der Waals surface area contributed by atoms with Crippen molar-refractivity contribution in [1.82, 2.24) is 9.55 Å². The zero-order valence-corrected chi connectivity index (χ0v) is 19.2. The van der Waals surface area contributed by atoms with E-state index in [1.807, 2.05) is 11.5 Å². The molecule has 0 spiro atoms. The van der Waals surface area contributed by atoms with E-state index in [-0.39, 0.29) is 18.0 Å². The number of nitrogens with zero attached hydrogens (tertiary/aromatic N) is 3. The predicted octanol–water partition coefficient (Wildman–Crippen LogP) is 4.85. The third kappa shape index (κ3) is 4.95. The largest absolute Gasteiger partial charge is 0.459 e. The number of carbonyl (C=O) groups excluding carboxylic acids is 2. The van der Waals surface area contributed by atoms with Crippen molar-refractivity contribution in [2.45, 2.75) is 70.7 Å². The van der Waals surface area contributed by atoms with Crippen LogP contribution < -0.4 is 5.32 Å². The van der Waals surface area contributed by atoms with Crippen LogP contribution in [0.4, 0.5) is 5.95 Å². The molecule has 0 bridgehead atoms. The Balaban J connectivity index is 1.61. The predicted molar refractivity (Wildman–Crippen MR) is 125 cm³/mol. The SMILES string of the molecule is CC(=O)Nc1nc2ccc(C(=O)OC(C)C3CCCCCC3)cc2n1C1=NCC(C)S1. The zero-order chi connectivity index (χ0) is 22.0. The number of anilines is 1. The van der Waals surface area contributed by atoms with Crippen LogP contribution in [0.1, 0.15) is 69.7 Å². The van der Waals surface area contributed by atoms with Gasteiger partial charge < -0.3 is 4.74 Å². The van der Waals surface area contributed by atoms with Crippen LogP contribution in [0.2, 0.25) is 0 Å². The van der Waals surface area contributed by atoms with Crippen LogP contribution in [0.5, 0.6) is 0 Å². The van der Waals surface area contributed by atoms with Gasteiger partial charge in [0.05, 0.1) is 23.1 Å². The molecule has 1 aliphatic carbocycles. The number of amides is 1. The second-order valence-corrected chi connectivity index (χ2v) is 9.97. The molecule has 4 rings (SSSR count). The number of benzene rings is 1. The summed E-state index contributed by atoms with van der Waals surface area (Å²) in [6.07, 6.45) is 7.11. The average Bonchev–Trinajstić information content (AvgIpc) is 3.17. The van der Waals surface area contributed by atoms with E-state index >= 15 is 0 Å². The molecule has 7 nitrogen and oxygen atoms in total. The van der Waals surface area contributed by atoms with Crippen LogP contribution in [0.25, 0.3) is 11.0 Å². The normalized spacial score (nSPS) is 20.9. The fraction of sp³-hybridized carbons (Fsp3) is 0.565. The summed E-state index contributed by atoms with van der Waals surface area (Å²) >= 11 is 1.63. The first-order valence-corrected chi connectivity index (χ1v) is 12.0. The Morgan fingerprint density at radius 3 is 2.61 bits per heavy atom. The van der Waals surface area contributed by atoms with E-state index in [0.717, 1.165) is 23.5 Å². The van der Waals surface area contributed by atoms with E-state index in [2.05, 4.69) is 22.2 Å². The maximum Gasteiger partial charge on any atom is 0.338 e. The molecule has 1 fully saturated rings. The van der Waals surface area contributed by atoms with E-state index in [1.165, 1.54) is 32.6 Å². The van der Waals surface area contributed by atoms with Gasteiger partial charge in [-0.1, -0.05) is 44.4 Å². The molecule has 1 saturated carbocycles. The van der Waals surface area contributed by atoms with Gasteiger partial charge in [0.2, 0.25) is 11.9 Å². The smallest absolute Gasteiger partial charge is 0.338 e. The number of nitrogens with one attached hydrogen (secondary N) is 1. The number of ether oxygens (including phenoxy) is 1. The van der Waals surface area contributed by atoms with Gasteiger partial charge in [0, 0.05) is 12.2 Å². The van der Waals surface area contributed by atoms with Crippen molar-refractivity contribution in [3.05, 3.63) is 23.8 Å². The van der Waals surface area contributed by atoms with Crippen molar-refractivity contribution >= 4 is 45.8 Å². The number of hydrogen-bond donors (Lipinski definition) is 1. The second kappa shape index (κ2) is 9.42. The molecule has 1 aliphatic heterocycles. The minimum Gasteiger partial charge on any atom is -0.459 e. The first-order valence-electron chi connectivity index (χ1n) is 11.1. The highest BCUT2D eigenvalue weighted by Crippen LogP contribution is 2.30. The summed E-state index contributed by atoms with van der Waals surface area (Å²) < 4.78 is 7.69. The van der Waals surface area contributed by atoms with Gasteiger partial charge in [-0.15, -0.1) is 0 Å². The summed E-state index contributed by atoms with van der Waals surface area (Å²) in [7, 11) is 0. The summed E-state index contributed by atoms with van der Waals surface area (Å²) in [5.74, 6) is 0.324. The maximum absolute atomic E-state index is 12.9. The number of hydrogen-bond acceptors (Lipinski definition) is 6. The molecule has 2 aromatic rings. The Morgan fingerprint density at radius 2 is 1.97 bits per heavy atom. The van der Waals surface area contributed by atoms with E-state index in [0.29, 0.717) is 34.7 Å². The Morgan fingerprint density at radius 1 is 1.23 bits per heavy atom. The lowest BCUT2D eigenvalue weighted by Crippen LogP contribution is -2.24. The molecule has 2 atom stereocenters. The van der Waals surface area contributed by atoms with Gasteiger partial charge in [-0.05, 0) is 43.9 Å². The minimum atomic E-state index is -0.318. The monoisotopic (exact) mass is 442 g/mol. The van der Waals surface area contributed by atoms with Crippen molar-refractivity contribution < 1.29 is 14.3 Å². The van der Waals surface area contributed by atoms with Crippen molar-refractivity contribution in [2.75, 3.05) is 11.9 Å². The molecule has 1 N–H and O–H groups in total. The fourth-order valence-corrected chi connectivity index (χ4v) is 5.28. The van der Waals surface area contributed by atoms with Crippen LogP contribution in [0.3, 0.4) is 0 Å². The molecule has 166 valence electrons. The summed E-state index contributed by atoms with van der Waals surface area (Å²) in [5, 5.41) is 3.91. The van der Waals surface area contributed by atoms with Gasteiger partial charge in [-0.2, -0.15) is 0 Å². The van der Waals surface area contributed by atoms with Crippen LogP contribution in [-0.2, 0) is 9.53 Å². The summed E-state index contributed by atoms with van der Waals surface area (Å²) in [4.78, 5) is 33.8. The first-order chi connectivity index (χ1) is 14.9. The molecule has 2 heterocycles. The number of rotatable bonds is 4. The molecular formula is C23H30N4O3S. The van der Waals surface area contributed by atoms with Gasteiger partial charge in [-0.25, -0.2) is 9.78 Å². The number of imidazole rings is 1. The van der Waals surface area contributed by atoms with Crippen molar-refractivity contribution in [3.63, 3.8) is 0 Å². The highest BCUT2D eigenvalue weighted by Gasteiger charge is 2.25.